The van der Waals surface area contributed by atoms with Crippen LogP contribution >= 0.6 is 23.2 Å². The molecule has 1 atom stereocenters. The van der Waals surface area contributed by atoms with Crippen molar-refractivity contribution in [2.24, 2.45) is 0 Å². The first-order valence-electron chi connectivity index (χ1n) is 3.47. The van der Waals surface area contributed by atoms with Crippen LogP contribution in [0.25, 0.3) is 0 Å². The summed E-state index contributed by atoms with van der Waals surface area (Å²) < 4.78 is 0. The summed E-state index contributed by atoms with van der Waals surface area (Å²) >= 11 is 11.9. The van der Waals surface area contributed by atoms with Crippen LogP contribution in [0, 0.1) is 0 Å². The topological polar surface area (TPSA) is 0 Å². The molecule has 0 aromatic heterocycles. The predicted molar refractivity (Wildman–Crippen MR) is 51.1 cm³/mol. The first kappa shape index (κ1) is 8.89. The van der Waals surface area contributed by atoms with Gasteiger partial charge in [0.1, 0.15) is 0 Å². The molecule has 0 N–H and O–H groups in total. The van der Waals surface area contributed by atoms with Gasteiger partial charge >= 0.3 is 0 Å². The lowest BCUT2D eigenvalue weighted by Crippen LogP contribution is -2.01. The van der Waals surface area contributed by atoms with Gasteiger partial charge in [-0.25, -0.2) is 0 Å². The maximum absolute atomic E-state index is 5.99. The summed E-state index contributed by atoms with van der Waals surface area (Å²) in [5, 5.41) is 0.497. The van der Waals surface area contributed by atoms with E-state index in [1.807, 2.05) is 19.1 Å². The standard InChI is InChI=1S/C9H10Cl2/c1-6-4-3-5-7(2)9(11)8(6)10/h3,5,8H,1,4H2,2H3. The van der Waals surface area contributed by atoms with Crippen LogP contribution in [0.3, 0.4) is 0 Å². The molecule has 11 heavy (non-hydrogen) atoms. The van der Waals surface area contributed by atoms with Gasteiger partial charge in [0.05, 0.1) is 5.38 Å². The Morgan fingerprint density at radius 3 is 2.91 bits per heavy atom. The van der Waals surface area contributed by atoms with E-state index in [2.05, 4.69) is 6.58 Å². The van der Waals surface area contributed by atoms with Gasteiger partial charge in [-0.15, -0.1) is 11.6 Å². The van der Waals surface area contributed by atoms with Crippen LogP contribution in [0.5, 0.6) is 0 Å². The normalized spacial score (nSPS) is 25.7. The molecule has 0 amide bonds. The van der Waals surface area contributed by atoms with Crippen LogP contribution in [0.4, 0.5) is 0 Å². The molecule has 0 spiro atoms. The lowest BCUT2D eigenvalue weighted by molar-refractivity contribution is 1.12. The molecule has 0 aromatic rings. The predicted octanol–water partition coefficient (Wildman–Crippen LogP) is 3.62. The molecular weight excluding hydrogens is 179 g/mol. The van der Waals surface area contributed by atoms with Crippen molar-refractivity contribution in [2.75, 3.05) is 0 Å². The summed E-state index contributed by atoms with van der Waals surface area (Å²) in [6.07, 6.45) is 4.83. The first-order chi connectivity index (χ1) is 5.13. The van der Waals surface area contributed by atoms with Crippen molar-refractivity contribution in [1.82, 2.24) is 0 Å². The first-order valence-corrected chi connectivity index (χ1v) is 4.29. The van der Waals surface area contributed by atoms with Crippen molar-refractivity contribution in [1.29, 1.82) is 0 Å². The SMILES string of the molecule is C=C1CC=CC(C)=C(Cl)C1Cl. The molecule has 60 valence electrons. The van der Waals surface area contributed by atoms with E-state index in [1.54, 1.807) is 0 Å². The van der Waals surface area contributed by atoms with Crippen molar-refractivity contribution < 1.29 is 0 Å². The van der Waals surface area contributed by atoms with E-state index in [0.29, 0.717) is 5.03 Å². The van der Waals surface area contributed by atoms with Crippen LogP contribution in [0.1, 0.15) is 13.3 Å². The summed E-state index contributed by atoms with van der Waals surface area (Å²) in [4.78, 5) is 0. The van der Waals surface area contributed by atoms with Crippen LogP contribution in [0.2, 0.25) is 0 Å². The Bertz CT molecular complexity index is 236. The van der Waals surface area contributed by atoms with E-state index >= 15 is 0 Å². The van der Waals surface area contributed by atoms with E-state index in [-0.39, 0.29) is 5.38 Å². The van der Waals surface area contributed by atoms with Gasteiger partial charge in [-0.3, -0.25) is 0 Å². The number of hydrogen-bond acceptors (Lipinski definition) is 0. The highest BCUT2D eigenvalue weighted by molar-refractivity contribution is 6.38. The van der Waals surface area contributed by atoms with E-state index in [1.165, 1.54) is 0 Å². The molecule has 0 aliphatic heterocycles. The summed E-state index contributed by atoms with van der Waals surface area (Å²) in [5.74, 6) is 0. The number of hydrogen-bond donors (Lipinski definition) is 0. The van der Waals surface area contributed by atoms with E-state index in [4.69, 9.17) is 23.2 Å². The molecule has 0 saturated heterocycles. The zero-order valence-electron chi connectivity index (χ0n) is 6.40. The summed E-state index contributed by atoms with van der Waals surface area (Å²) in [5.41, 5.74) is 2.00. The maximum atomic E-state index is 5.99. The largest absolute Gasteiger partial charge is 0.112 e. The lowest BCUT2D eigenvalue weighted by atomic mass is 10.1. The quantitative estimate of drug-likeness (QED) is 0.403. The Balaban J connectivity index is 2.99. The lowest BCUT2D eigenvalue weighted by Gasteiger charge is -2.08. The van der Waals surface area contributed by atoms with Gasteiger partial charge in [0.15, 0.2) is 0 Å². The van der Waals surface area contributed by atoms with Crippen LogP contribution in [0.15, 0.2) is 34.9 Å². The van der Waals surface area contributed by atoms with Gasteiger partial charge in [-0.1, -0.05) is 35.9 Å². The van der Waals surface area contributed by atoms with Crippen molar-refractivity contribution in [3.05, 3.63) is 34.9 Å². The van der Waals surface area contributed by atoms with Gasteiger partial charge in [0.2, 0.25) is 0 Å². The van der Waals surface area contributed by atoms with Gasteiger partial charge < -0.3 is 0 Å². The highest BCUT2D eigenvalue weighted by Gasteiger charge is 2.15. The van der Waals surface area contributed by atoms with Crippen molar-refractivity contribution in [3.8, 4) is 0 Å². The third-order valence-electron chi connectivity index (χ3n) is 1.71. The second-order valence-electron chi connectivity index (χ2n) is 2.66. The second kappa shape index (κ2) is 3.46. The fourth-order valence-corrected chi connectivity index (χ4v) is 1.43. The molecule has 0 radical (unpaired) electrons. The summed E-state index contributed by atoms with van der Waals surface area (Å²) in [7, 11) is 0. The van der Waals surface area contributed by atoms with E-state index in [0.717, 1.165) is 17.6 Å². The van der Waals surface area contributed by atoms with E-state index in [9.17, 15) is 0 Å². The Hall–Kier alpha value is -0.200. The highest BCUT2D eigenvalue weighted by Crippen LogP contribution is 2.29. The minimum Gasteiger partial charge on any atom is -0.112 e. The number of alkyl halides is 1. The molecule has 0 heterocycles. The van der Waals surface area contributed by atoms with Gasteiger partial charge in [0, 0.05) is 5.03 Å². The molecule has 1 rings (SSSR count). The third-order valence-corrected chi connectivity index (χ3v) is 2.86. The summed E-state index contributed by atoms with van der Waals surface area (Å²) in [6, 6.07) is 0. The molecule has 0 bridgehead atoms. The molecular formula is C9H10Cl2. The fraction of sp³-hybridized carbons (Fsp3) is 0.333. The van der Waals surface area contributed by atoms with E-state index < -0.39 is 0 Å². The number of halogens is 2. The fourth-order valence-electron chi connectivity index (χ4n) is 0.949. The Labute approximate surface area is 77.2 Å². The molecule has 0 aromatic carbocycles. The number of rotatable bonds is 0. The molecule has 1 unspecified atom stereocenters. The Kier molecular flexibility index (Phi) is 2.80. The number of allylic oxidation sites excluding steroid dienone is 5. The zero-order valence-corrected chi connectivity index (χ0v) is 7.91. The van der Waals surface area contributed by atoms with Gasteiger partial charge in [0.25, 0.3) is 0 Å². The molecule has 0 saturated carbocycles. The summed E-state index contributed by atoms with van der Waals surface area (Å²) in [6.45, 7) is 5.79. The van der Waals surface area contributed by atoms with Gasteiger partial charge in [-0.05, 0) is 18.9 Å². The second-order valence-corrected chi connectivity index (χ2v) is 3.50. The minimum atomic E-state index is -0.202. The molecule has 0 fully saturated rings. The highest BCUT2D eigenvalue weighted by atomic mass is 35.5. The Morgan fingerprint density at radius 1 is 1.64 bits per heavy atom. The Morgan fingerprint density at radius 2 is 2.27 bits per heavy atom. The van der Waals surface area contributed by atoms with Crippen molar-refractivity contribution in [3.63, 3.8) is 0 Å². The van der Waals surface area contributed by atoms with Crippen molar-refractivity contribution in [2.45, 2.75) is 18.7 Å². The molecule has 1 aliphatic rings. The average molecular weight is 189 g/mol. The molecule has 2 heteroatoms. The maximum Gasteiger partial charge on any atom is 0.0904 e. The smallest absolute Gasteiger partial charge is 0.0904 e. The van der Waals surface area contributed by atoms with Crippen molar-refractivity contribution >= 4 is 23.2 Å². The monoisotopic (exact) mass is 188 g/mol. The average Bonchev–Trinajstić information content (AvgIpc) is 2.07. The zero-order chi connectivity index (χ0) is 8.43. The minimum absolute atomic E-state index is 0.202. The van der Waals surface area contributed by atoms with Crippen LogP contribution in [-0.4, -0.2) is 5.38 Å². The van der Waals surface area contributed by atoms with Crippen LogP contribution in [-0.2, 0) is 0 Å². The molecule has 1 aliphatic carbocycles. The van der Waals surface area contributed by atoms with Gasteiger partial charge in [-0.2, -0.15) is 0 Å². The van der Waals surface area contributed by atoms with Crippen LogP contribution < -0.4 is 0 Å². The molecule has 0 nitrogen and oxygen atoms in total. The third kappa shape index (κ3) is 1.88.